The average molecular weight is 745 g/mol. The number of nitriles is 1. The van der Waals surface area contributed by atoms with Gasteiger partial charge in [-0.05, 0) is 70.9 Å². The molecule has 3 rings (SSSR count). The maximum Gasteiger partial charge on any atom is 1.00 e. The van der Waals surface area contributed by atoms with E-state index in [9.17, 15) is 42.8 Å². The number of nitrogens with one attached hydrogen (secondary N) is 1. The van der Waals surface area contributed by atoms with Gasteiger partial charge in [0, 0.05) is 24.9 Å². The minimum atomic E-state index is -4.62. The number of carbonyl (C=O) groups is 3. The van der Waals surface area contributed by atoms with Crippen molar-refractivity contribution in [1.29, 1.82) is 5.26 Å². The monoisotopic (exact) mass is 743 g/mol. The molecule has 2 aliphatic rings. The predicted molar refractivity (Wildman–Crippen MR) is 152 cm³/mol. The molecule has 21 heteroatoms. The van der Waals surface area contributed by atoms with Gasteiger partial charge in [-0.2, -0.15) is 15.5 Å². The van der Waals surface area contributed by atoms with E-state index >= 15 is 0 Å². The molecule has 5 atom stereocenters. The minimum Gasteiger partial charge on any atom is -0.748 e. The van der Waals surface area contributed by atoms with Crippen LogP contribution in [0.5, 0.6) is 0 Å². The Morgan fingerprint density at radius 2 is 1.62 bits per heavy atom. The average Bonchev–Trinajstić information content (AvgIpc) is 3.32. The van der Waals surface area contributed by atoms with E-state index in [0.717, 1.165) is 0 Å². The Bertz CT molecular complexity index is 1350. The summed E-state index contributed by atoms with van der Waals surface area (Å²) in [6.45, 7) is 2.15. The molecular weight excluding hydrogens is 710 g/mol. The van der Waals surface area contributed by atoms with Crippen LogP contribution < -0.4 is 104 Å². The van der Waals surface area contributed by atoms with Crippen molar-refractivity contribution in [1.82, 2.24) is 20.0 Å². The summed E-state index contributed by atoms with van der Waals surface area (Å²) in [5.74, 6) is -2.62. The first-order valence-electron chi connectivity index (χ1n) is 14.2. The van der Waals surface area contributed by atoms with Gasteiger partial charge in [0.25, 0.3) is 0 Å². The zero-order valence-electron chi connectivity index (χ0n) is 27.0. The van der Waals surface area contributed by atoms with Gasteiger partial charge >= 0.3 is 88.7 Å². The van der Waals surface area contributed by atoms with Crippen LogP contribution in [-0.4, -0.2) is 92.7 Å². The Morgan fingerprint density at radius 1 is 1.06 bits per heavy atom. The molecule has 0 bridgehead atoms. The fourth-order valence-electron chi connectivity index (χ4n) is 5.88. The number of rotatable bonds is 14. The van der Waals surface area contributed by atoms with E-state index < -0.39 is 56.2 Å². The number of amides is 1. The SMILES string of the molecule is CC(=O)NC1CC(N(CCCC(=O)[O-])CCCC(=O)[O-])CCC1N=Nc1c(C#N)cnn1C1C(Cl)CC(S(=O)(=O)[O-])CC1Cl.[Na+].[Na+].[Na+]. The quantitative estimate of drug-likeness (QED) is 0.0813. The van der Waals surface area contributed by atoms with Gasteiger partial charge in [-0.15, -0.1) is 28.3 Å². The molecule has 0 spiro atoms. The second kappa shape index (κ2) is 22.2. The number of hydrogen-bond acceptors (Lipinski definition) is 13. The molecule has 1 aromatic heterocycles. The van der Waals surface area contributed by atoms with Gasteiger partial charge in [0.1, 0.15) is 11.6 Å². The fourth-order valence-corrected chi connectivity index (χ4v) is 8.04. The Kier molecular flexibility index (Phi) is 22.2. The topological polar surface area (TPSA) is 236 Å². The molecule has 0 aliphatic heterocycles. The van der Waals surface area contributed by atoms with Crippen LogP contribution in [0.2, 0.25) is 0 Å². The van der Waals surface area contributed by atoms with E-state index in [0.29, 0.717) is 45.2 Å². The summed E-state index contributed by atoms with van der Waals surface area (Å²) >= 11 is 13.0. The first kappa shape index (κ1) is 47.2. The molecule has 0 saturated heterocycles. The maximum absolute atomic E-state index is 12.1. The smallest absolute Gasteiger partial charge is 0.748 e. The van der Waals surface area contributed by atoms with Gasteiger partial charge in [0.2, 0.25) is 5.91 Å². The van der Waals surface area contributed by atoms with Crippen molar-refractivity contribution in [2.75, 3.05) is 13.1 Å². The van der Waals surface area contributed by atoms with E-state index in [1.54, 1.807) is 0 Å². The van der Waals surface area contributed by atoms with Crippen molar-refractivity contribution in [3.8, 4) is 6.07 Å². The second-order valence-electron chi connectivity index (χ2n) is 11.1. The summed E-state index contributed by atoms with van der Waals surface area (Å²) in [6, 6.07) is 0.0921. The van der Waals surface area contributed by atoms with Crippen LogP contribution in [0.3, 0.4) is 0 Å². The maximum atomic E-state index is 12.1. The molecule has 5 unspecified atom stereocenters. The van der Waals surface area contributed by atoms with Crippen molar-refractivity contribution in [3.05, 3.63) is 11.8 Å². The number of alkyl halides is 2. The fraction of sp³-hybridized carbons (Fsp3) is 0.731. The normalized spacial score (nSPS) is 25.9. The number of carbonyl (C=O) groups excluding carboxylic acids is 3. The third-order valence-electron chi connectivity index (χ3n) is 7.94. The number of halogens is 2. The van der Waals surface area contributed by atoms with E-state index in [4.69, 9.17) is 23.2 Å². The van der Waals surface area contributed by atoms with E-state index in [-0.39, 0.29) is 138 Å². The first-order chi connectivity index (χ1) is 20.7. The third kappa shape index (κ3) is 14.4. The van der Waals surface area contributed by atoms with Crippen molar-refractivity contribution in [2.45, 2.75) is 105 Å². The summed E-state index contributed by atoms with van der Waals surface area (Å²) < 4.78 is 36.1. The van der Waals surface area contributed by atoms with E-state index in [1.165, 1.54) is 17.8 Å². The number of azo groups is 1. The minimum absolute atomic E-state index is 0. The van der Waals surface area contributed by atoms with Crippen LogP contribution in [0.1, 0.15) is 76.3 Å². The van der Waals surface area contributed by atoms with Crippen molar-refractivity contribution >= 4 is 57.0 Å². The predicted octanol–water partition coefficient (Wildman–Crippen LogP) is -8.90. The molecular formula is C26H34Cl2N7Na3O8S. The number of aliphatic carboxylic acids is 2. The molecule has 1 heterocycles. The number of aromatic nitrogens is 2. The van der Waals surface area contributed by atoms with Crippen LogP contribution in [0.15, 0.2) is 16.4 Å². The number of carboxylic acid groups (broad SMARTS) is 2. The Balaban J connectivity index is 0.00000705. The Morgan fingerprint density at radius 3 is 2.09 bits per heavy atom. The molecule has 1 aromatic rings. The molecule has 47 heavy (non-hydrogen) atoms. The van der Waals surface area contributed by atoms with Crippen molar-refractivity contribution in [2.24, 2.45) is 10.2 Å². The number of carboxylic acids is 2. The van der Waals surface area contributed by atoms with Crippen LogP contribution in [0.25, 0.3) is 0 Å². The van der Waals surface area contributed by atoms with Crippen LogP contribution >= 0.6 is 23.2 Å². The summed E-state index contributed by atoms with van der Waals surface area (Å²) in [7, 11) is -4.62. The summed E-state index contributed by atoms with van der Waals surface area (Å²) in [5.41, 5.74) is 0.0665. The van der Waals surface area contributed by atoms with Crippen LogP contribution in [0, 0.1) is 11.3 Å². The second-order valence-corrected chi connectivity index (χ2v) is 13.9. The summed E-state index contributed by atoms with van der Waals surface area (Å²) in [6.07, 6.45) is 2.74. The molecule has 0 radical (unpaired) electrons. The largest absolute Gasteiger partial charge is 1.00 e. The van der Waals surface area contributed by atoms with Crippen LogP contribution in [-0.2, 0) is 24.5 Å². The standard InChI is InChI=1S/C26H37Cl2N7O8S.3Na/c1-15(36)31-22-10-17(34(8-2-4-23(37)38)9-3-5-24(39)40)6-7-21(22)32-33-26-16(13-29)14-30-35(26)25-19(27)11-18(12-20(25)28)44(41,42)43;;;/h14,17-22,25H,2-12H2,1H3,(H,31,36)(H,37,38)(H,39,40)(H,41,42,43);;;/q;3*+1/p-3. The molecule has 1 amide bonds. The van der Waals surface area contributed by atoms with Crippen molar-refractivity contribution in [3.63, 3.8) is 0 Å². The third-order valence-corrected chi connectivity index (χ3v) is 10.0. The van der Waals surface area contributed by atoms with Gasteiger partial charge in [-0.3, -0.25) is 4.79 Å². The molecule has 2 aliphatic carbocycles. The Labute approximate surface area is 350 Å². The zero-order valence-corrected chi connectivity index (χ0v) is 35.3. The molecule has 2 saturated carbocycles. The van der Waals surface area contributed by atoms with Gasteiger partial charge in [-0.25, -0.2) is 13.1 Å². The Hall–Kier alpha value is 0.160. The molecule has 1 N–H and O–H groups in total. The molecule has 2 fully saturated rings. The zero-order chi connectivity index (χ0) is 32.6. The molecule has 15 nitrogen and oxygen atoms in total. The van der Waals surface area contributed by atoms with Gasteiger partial charge in [-0.1, -0.05) is 0 Å². The molecule has 0 aromatic carbocycles. The van der Waals surface area contributed by atoms with E-state index in [2.05, 4.69) is 20.6 Å². The number of nitrogens with zero attached hydrogens (tertiary/aromatic N) is 6. The summed E-state index contributed by atoms with van der Waals surface area (Å²) in [5, 5.41) is 44.4. The van der Waals surface area contributed by atoms with Crippen molar-refractivity contribution < 1.29 is 126 Å². The van der Waals surface area contributed by atoms with E-state index in [1.807, 2.05) is 11.0 Å². The number of hydrogen-bond donors (Lipinski definition) is 1. The summed E-state index contributed by atoms with van der Waals surface area (Å²) in [4.78, 5) is 36.0. The first-order valence-corrected chi connectivity index (χ1v) is 16.6. The van der Waals surface area contributed by atoms with Crippen LogP contribution in [0.4, 0.5) is 5.82 Å². The van der Waals surface area contributed by atoms with Gasteiger partial charge in [0.15, 0.2) is 5.82 Å². The van der Waals surface area contributed by atoms with Gasteiger partial charge in [0.05, 0.1) is 50.4 Å². The van der Waals surface area contributed by atoms with Gasteiger partial charge < -0.3 is 34.6 Å². The molecule has 244 valence electrons.